The zero-order valence-electron chi connectivity index (χ0n) is 10.9. The summed E-state index contributed by atoms with van der Waals surface area (Å²) in [5.41, 5.74) is 2.04. The van der Waals surface area contributed by atoms with Crippen LogP contribution in [0.4, 0.5) is 0 Å². The van der Waals surface area contributed by atoms with Crippen molar-refractivity contribution < 1.29 is 4.79 Å². The fourth-order valence-corrected chi connectivity index (χ4v) is 3.54. The Kier molecular flexibility index (Phi) is 4.34. The van der Waals surface area contributed by atoms with Gasteiger partial charge in [0.2, 0.25) is 0 Å². The van der Waals surface area contributed by atoms with Crippen LogP contribution in [0, 0.1) is 0 Å². The summed E-state index contributed by atoms with van der Waals surface area (Å²) in [5.74, 6) is -0.117. The summed E-state index contributed by atoms with van der Waals surface area (Å²) in [6.07, 6.45) is 3.59. The van der Waals surface area contributed by atoms with Crippen LogP contribution in [-0.4, -0.2) is 10.9 Å². The second-order valence-corrected chi connectivity index (χ2v) is 7.01. The maximum Gasteiger partial charge on any atom is 0.261 e. The zero-order valence-corrected chi connectivity index (χ0v) is 13.3. The Morgan fingerprint density at radius 2 is 2.19 bits per heavy atom. The predicted molar refractivity (Wildman–Crippen MR) is 88.0 cm³/mol. The molecule has 0 aliphatic heterocycles. The molecule has 3 aromatic heterocycles. The normalized spacial score (nSPS) is 10.5. The van der Waals surface area contributed by atoms with Gasteiger partial charge in [-0.2, -0.15) is 0 Å². The molecule has 3 aromatic rings. The molecule has 0 unspecified atom stereocenters. The molecule has 3 nitrogen and oxygen atoms in total. The lowest BCUT2D eigenvalue weighted by molar-refractivity contribution is 0.0955. The standard InChI is InChI=1S/C15H11ClN2OS2/c16-14-4-3-13(21-14)15(19)18-8-10-6-11(9-17-7-10)12-2-1-5-20-12/h1-7,9H,8H2,(H,18,19). The molecule has 3 heterocycles. The van der Waals surface area contributed by atoms with Gasteiger partial charge in [-0.25, -0.2) is 0 Å². The first-order valence-electron chi connectivity index (χ1n) is 6.24. The highest BCUT2D eigenvalue weighted by Crippen LogP contribution is 2.24. The highest BCUT2D eigenvalue weighted by atomic mass is 35.5. The third-order valence-corrected chi connectivity index (χ3v) is 5.00. The van der Waals surface area contributed by atoms with Crippen molar-refractivity contribution in [1.82, 2.24) is 10.3 Å². The van der Waals surface area contributed by atoms with Crippen molar-refractivity contribution in [2.45, 2.75) is 6.54 Å². The van der Waals surface area contributed by atoms with Gasteiger partial charge in [-0.3, -0.25) is 9.78 Å². The molecule has 0 atom stereocenters. The highest BCUT2D eigenvalue weighted by molar-refractivity contribution is 7.18. The molecule has 0 aliphatic rings. The number of carbonyl (C=O) groups excluding carboxylic acids is 1. The number of amides is 1. The van der Waals surface area contributed by atoms with E-state index in [0.717, 1.165) is 11.1 Å². The van der Waals surface area contributed by atoms with Crippen LogP contribution in [0.25, 0.3) is 10.4 Å². The lowest BCUT2D eigenvalue weighted by atomic mass is 10.2. The number of nitrogens with zero attached hydrogens (tertiary/aromatic N) is 1. The molecule has 0 fully saturated rings. The van der Waals surface area contributed by atoms with Gasteiger partial charge in [-0.15, -0.1) is 22.7 Å². The van der Waals surface area contributed by atoms with Crippen LogP contribution in [0.5, 0.6) is 0 Å². The SMILES string of the molecule is O=C(NCc1cncc(-c2cccs2)c1)c1ccc(Cl)s1. The molecular weight excluding hydrogens is 324 g/mol. The third-order valence-electron chi connectivity index (χ3n) is 2.85. The molecular formula is C15H11ClN2OS2. The quantitative estimate of drug-likeness (QED) is 0.765. The van der Waals surface area contributed by atoms with Gasteiger partial charge in [-0.1, -0.05) is 17.7 Å². The van der Waals surface area contributed by atoms with Gasteiger partial charge in [0, 0.05) is 29.4 Å². The van der Waals surface area contributed by atoms with Crippen molar-refractivity contribution >= 4 is 40.2 Å². The van der Waals surface area contributed by atoms with Gasteiger partial charge in [0.15, 0.2) is 0 Å². The summed E-state index contributed by atoms with van der Waals surface area (Å²) in [6.45, 7) is 0.445. The number of hydrogen-bond donors (Lipinski definition) is 1. The number of thiophene rings is 2. The molecule has 0 saturated carbocycles. The van der Waals surface area contributed by atoms with Crippen LogP contribution in [0.1, 0.15) is 15.2 Å². The summed E-state index contributed by atoms with van der Waals surface area (Å²) in [7, 11) is 0. The summed E-state index contributed by atoms with van der Waals surface area (Å²) in [5, 5.41) is 4.91. The van der Waals surface area contributed by atoms with E-state index >= 15 is 0 Å². The number of aromatic nitrogens is 1. The molecule has 1 amide bonds. The van der Waals surface area contributed by atoms with E-state index in [0.29, 0.717) is 15.8 Å². The Balaban J connectivity index is 1.68. The fraction of sp³-hybridized carbons (Fsp3) is 0.0667. The average Bonchev–Trinajstić information content (AvgIpc) is 3.16. The lowest BCUT2D eigenvalue weighted by Gasteiger charge is -2.05. The minimum absolute atomic E-state index is 0.117. The van der Waals surface area contributed by atoms with Crippen molar-refractivity contribution in [1.29, 1.82) is 0 Å². The molecule has 3 rings (SSSR count). The molecule has 0 aliphatic carbocycles. The summed E-state index contributed by atoms with van der Waals surface area (Å²) in [4.78, 5) is 18.0. The summed E-state index contributed by atoms with van der Waals surface area (Å²) in [6, 6.07) is 9.55. The first-order valence-corrected chi connectivity index (χ1v) is 8.31. The van der Waals surface area contributed by atoms with E-state index < -0.39 is 0 Å². The number of carbonyl (C=O) groups is 1. The van der Waals surface area contributed by atoms with E-state index in [-0.39, 0.29) is 5.91 Å². The molecule has 0 aromatic carbocycles. The van der Waals surface area contributed by atoms with E-state index in [1.165, 1.54) is 16.2 Å². The molecule has 0 spiro atoms. The van der Waals surface area contributed by atoms with Gasteiger partial charge in [0.05, 0.1) is 9.21 Å². The summed E-state index contributed by atoms with van der Waals surface area (Å²) < 4.78 is 0.613. The van der Waals surface area contributed by atoms with E-state index in [4.69, 9.17) is 11.6 Å². The Hall–Kier alpha value is -1.69. The minimum Gasteiger partial charge on any atom is -0.347 e. The largest absolute Gasteiger partial charge is 0.347 e. The smallest absolute Gasteiger partial charge is 0.261 e. The molecule has 106 valence electrons. The molecule has 1 N–H and O–H groups in total. The lowest BCUT2D eigenvalue weighted by Crippen LogP contribution is -2.21. The zero-order chi connectivity index (χ0) is 14.7. The summed E-state index contributed by atoms with van der Waals surface area (Å²) >= 11 is 8.77. The third kappa shape index (κ3) is 3.50. The van der Waals surface area contributed by atoms with Crippen LogP contribution < -0.4 is 5.32 Å². The van der Waals surface area contributed by atoms with Gasteiger partial charge < -0.3 is 5.32 Å². The Labute approximate surface area is 135 Å². The van der Waals surface area contributed by atoms with Gasteiger partial charge >= 0.3 is 0 Å². The van der Waals surface area contributed by atoms with Gasteiger partial charge in [-0.05, 0) is 35.2 Å². The first kappa shape index (κ1) is 14.3. The van der Waals surface area contributed by atoms with Crippen LogP contribution in [0.3, 0.4) is 0 Å². The van der Waals surface area contributed by atoms with Crippen LogP contribution in [0.15, 0.2) is 48.1 Å². The second kappa shape index (κ2) is 6.39. The molecule has 0 bridgehead atoms. The van der Waals surface area contributed by atoms with E-state index in [2.05, 4.69) is 16.4 Å². The van der Waals surface area contributed by atoms with Crippen LogP contribution >= 0.6 is 34.3 Å². The molecule has 0 radical (unpaired) electrons. The van der Waals surface area contributed by atoms with Crippen molar-refractivity contribution in [2.75, 3.05) is 0 Å². The Bertz CT molecular complexity index is 753. The number of pyridine rings is 1. The van der Waals surface area contributed by atoms with Crippen LogP contribution in [-0.2, 0) is 6.54 Å². The van der Waals surface area contributed by atoms with E-state index in [1.807, 2.05) is 23.7 Å². The average molecular weight is 335 g/mol. The van der Waals surface area contributed by atoms with Crippen molar-refractivity contribution in [2.24, 2.45) is 0 Å². The molecule has 6 heteroatoms. The second-order valence-electron chi connectivity index (χ2n) is 4.35. The van der Waals surface area contributed by atoms with Gasteiger partial charge in [0.25, 0.3) is 5.91 Å². The fourth-order valence-electron chi connectivity index (χ4n) is 1.87. The van der Waals surface area contributed by atoms with Crippen molar-refractivity contribution in [3.8, 4) is 10.4 Å². The van der Waals surface area contributed by atoms with Crippen molar-refractivity contribution in [3.63, 3.8) is 0 Å². The minimum atomic E-state index is -0.117. The Morgan fingerprint density at radius 3 is 2.90 bits per heavy atom. The maximum absolute atomic E-state index is 12.0. The van der Waals surface area contributed by atoms with Gasteiger partial charge in [0.1, 0.15) is 0 Å². The maximum atomic E-state index is 12.0. The highest BCUT2D eigenvalue weighted by Gasteiger charge is 2.08. The van der Waals surface area contributed by atoms with Crippen molar-refractivity contribution in [3.05, 3.63) is 62.9 Å². The number of rotatable bonds is 4. The molecule has 21 heavy (non-hydrogen) atoms. The number of hydrogen-bond acceptors (Lipinski definition) is 4. The topological polar surface area (TPSA) is 42.0 Å². The predicted octanol–water partition coefficient (Wildman–Crippen LogP) is 4.46. The number of halogens is 1. The van der Waals surface area contributed by atoms with Crippen LogP contribution in [0.2, 0.25) is 4.34 Å². The molecule has 0 saturated heterocycles. The van der Waals surface area contributed by atoms with E-state index in [1.54, 1.807) is 29.7 Å². The van der Waals surface area contributed by atoms with E-state index in [9.17, 15) is 4.79 Å². The monoisotopic (exact) mass is 334 g/mol. The first-order chi connectivity index (χ1) is 10.2. The number of nitrogens with one attached hydrogen (secondary N) is 1. The Morgan fingerprint density at radius 1 is 1.29 bits per heavy atom.